The molecular formula is C18H16N2O4S2. The number of amides is 1. The summed E-state index contributed by atoms with van der Waals surface area (Å²) in [7, 11) is -5.13. The lowest BCUT2D eigenvalue weighted by molar-refractivity contribution is 0.0981. The molecule has 0 aliphatic heterocycles. The zero-order chi connectivity index (χ0) is 18.7. The molecule has 3 rings (SSSR count). The maximum absolute atomic E-state index is 12.7. The van der Waals surface area contributed by atoms with Crippen molar-refractivity contribution in [2.75, 3.05) is 6.26 Å². The minimum atomic E-state index is -4.07. The lowest BCUT2D eigenvalue weighted by Gasteiger charge is -2.10. The van der Waals surface area contributed by atoms with E-state index in [-0.39, 0.29) is 10.5 Å². The van der Waals surface area contributed by atoms with Crippen LogP contribution in [0.5, 0.6) is 0 Å². The van der Waals surface area contributed by atoms with Gasteiger partial charge in [0, 0.05) is 40.0 Å². The Balaban J connectivity index is 1.92. The summed E-state index contributed by atoms with van der Waals surface area (Å²) in [4.78, 5) is 16.5. The fourth-order valence-electron chi connectivity index (χ4n) is 2.58. The third-order valence-corrected chi connectivity index (χ3v) is 5.81. The number of hydrogen-bond donors (Lipinski definition) is 1. The van der Waals surface area contributed by atoms with Crippen molar-refractivity contribution < 1.29 is 17.4 Å². The molecule has 0 aliphatic carbocycles. The number of pyridine rings is 1. The number of fused-ring (bicyclic) bond motifs is 1. The first-order valence-corrected chi connectivity index (χ1v) is 10.9. The third-order valence-electron chi connectivity index (χ3n) is 3.68. The quantitative estimate of drug-likeness (QED) is 0.723. The molecule has 2 aromatic carbocycles. The molecule has 0 bridgehead atoms. The number of aromatic nitrogens is 1. The second-order valence-electron chi connectivity index (χ2n) is 5.68. The molecule has 0 fully saturated rings. The highest BCUT2D eigenvalue weighted by Gasteiger charge is 2.21. The van der Waals surface area contributed by atoms with Gasteiger partial charge in [0.25, 0.3) is 15.9 Å². The first-order chi connectivity index (χ1) is 12.4. The van der Waals surface area contributed by atoms with Gasteiger partial charge < -0.3 is 0 Å². The lowest BCUT2D eigenvalue weighted by Crippen LogP contribution is -2.30. The predicted octanol–water partition coefficient (Wildman–Crippen LogP) is 2.23. The van der Waals surface area contributed by atoms with Crippen LogP contribution in [0.2, 0.25) is 0 Å². The normalized spacial score (nSPS) is 12.7. The number of nitrogens with zero attached hydrogens (tertiary/aromatic N) is 1. The molecule has 1 heterocycles. The minimum Gasteiger partial charge on any atom is -0.268 e. The number of carbonyl (C=O) groups is 1. The minimum absolute atomic E-state index is 0.0118. The first kappa shape index (κ1) is 18.2. The van der Waals surface area contributed by atoms with Crippen LogP contribution >= 0.6 is 0 Å². The highest BCUT2D eigenvalue weighted by molar-refractivity contribution is 7.90. The Morgan fingerprint density at radius 3 is 2.65 bits per heavy atom. The maximum atomic E-state index is 12.7. The van der Waals surface area contributed by atoms with Gasteiger partial charge >= 0.3 is 0 Å². The Morgan fingerprint density at radius 1 is 1.12 bits per heavy atom. The Morgan fingerprint density at radius 2 is 1.88 bits per heavy atom. The molecule has 26 heavy (non-hydrogen) atoms. The monoisotopic (exact) mass is 388 g/mol. The summed E-state index contributed by atoms with van der Waals surface area (Å²) < 4.78 is 38.8. The summed E-state index contributed by atoms with van der Waals surface area (Å²) in [5.74, 6) is -0.447. The zero-order valence-corrected chi connectivity index (χ0v) is 15.5. The molecule has 1 atom stereocenters. The van der Waals surface area contributed by atoms with Crippen LogP contribution in [0, 0.1) is 0 Å². The van der Waals surface area contributed by atoms with Gasteiger partial charge in [0.05, 0.1) is 10.4 Å². The number of sulfonamides is 1. The van der Waals surface area contributed by atoms with Crippen molar-refractivity contribution in [1.82, 2.24) is 9.71 Å². The predicted molar refractivity (Wildman–Crippen MR) is 101 cm³/mol. The van der Waals surface area contributed by atoms with Crippen molar-refractivity contribution in [2.24, 2.45) is 0 Å². The molecule has 1 aromatic heterocycles. The molecule has 1 N–H and O–H groups in total. The number of hydrogen-bond acceptors (Lipinski definition) is 5. The molecule has 0 saturated carbocycles. The molecule has 1 unspecified atom stereocenters. The largest absolute Gasteiger partial charge is 0.268 e. The lowest BCUT2D eigenvalue weighted by atomic mass is 10.1. The van der Waals surface area contributed by atoms with E-state index >= 15 is 0 Å². The van der Waals surface area contributed by atoms with Crippen molar-refractivity contribution in [3.63, 3.8) is 0 Å². The topological polar surface area (TPSA) is 93.2 Å². The van der Waals surface area contributed by atoms with E-state index in [2.05, 4.69) is 9.71 Å². The van der Waals surface area contributed by atoms with E-state index in [4.69, 9.17) is 0 Å². The van der Waals surface area contributed by atoms with Gasteiger partial charge in [0.1, 0.15) is 0 Å². The number of rotatable bonds is 5. The van der Waals surface area contributed by atoms with Gasteiger partial charge in [-0.2, -0.15) is 0 Å². The average molecular weight is 388 g/mol. The summed E-state index contributed by atoms with van der Waals surface area (Å²) in [6, 6.07) is 14.4. The zero-order valence-electron chi connectivity index (χ0n) is 13.9. The van der Waals surface area contributed by atoms with E-state index < -0.39 is 26.7 Å². The van der Waals surface area contributed by atoms with Crippen LogP contribution in [0.1, 0.15) is 15.9 Å². The van der Waals surface area contributed by atoms with Gasteiger partial charge in [-0.05, 0) is 42.0 Å². The Hall–Kier alpha value is -2.58. The van der Waals surface area contributed by atoms with Crippen LogP contribution in [-0.2, 0) is 26.6 Å². The molecule has 0 aliphatic rings. The maximum Gasteiger partial charge on any atom is 0.265 e. The smallest absolute Gasteiger partial charge is 0.265 e. The fraction of sp³-hybridized carbons (Fsp3) is 0.111. The van der Waals surface area contributed by atoms with Crippen LogP contribution in [-0.4, -0.2) is 29.8 Å². The molecule has 0 spiro atoms. The molecule has 134 valence electrons. The third kappa shape index (κ3) is 3.97. The Bertz CT molecular complexity index is 1110. The van der Waals surface area contributed by atoms with E-state index in [0.29, 0.717) is 22.2 Å². The van der Waals surface area contributed by atoms with Gasteiger partial charge in [0.2, 0.25) is 0 Å². The van der Waals surface area contributed by atoms with Gasteiger partial charge in [-0.1, -0.05) is 18.2 Å². The van der Waals surface area contributed by atoms with Crippen LogP contribution in [0.4, 0.5) is 0 Å². The standard InChI is InChI=1S/C18H16N2O4S2/c1-25(22)12-13-5-2-6-14(11-13)18(21)20-26(23,24)17-9-3-8-16-15(17)7-4-10-19-16/h2-11H,12H2,1H3,(H,20,21). The summed E-state index contributed by atoms with van der Waals surface area (Å²) in [6.45, 7) is 0. The summed E-state index contributed by atoms with van der Waals surface area (Å²) in [5.41, 5.74) is 1.41. The molecule has 0 saturated heterocycles. The van der Waals surface area contributed by atoms with Gasteiger partial charge in [0.15, 0.2) is 0 Å². The molecule has 8 heteroatoms. The van der Waals surface area contributed by atoms with E-state index in [9.17, 15) is 17.4 Å². The number of carbonyl (C=O) groups excluding carboxylic acids is 1. The first-order valence-electron chi connectivity index (χ1n) is 7.67. The second-order valence-corrected chi connectivity index (χ2v) is 8.76. The average Bonchev–Trinajstić information content (AvgIpc) is 2.60. The van der Waals surface area contributed by atoms with Crippen LogP contribution in [0.3, 0.4) is 0 Å². The SMILES string of the molecule is CS(=O)Cc1cccc(C(=O)NS(=O)(=O)c2cccc3ncccc23)c1. The summed E-state index contributed by atoms with van der Waals surface area (Å²) in [6.07, 6.45) is 3.13. The van der Waals surface area contributed by atoms with Gasteiger partial charge in [-0.25, -0.2) is 13.1 Å². The van der Waals surface area contributed by atoms with E-state index in [0.717, 1.165) is 0 Å². The molecule has 0 radical (unpaired) electrons. The Kier molecular flexibility index (Phi) is 5.15. The number of nitrogens with one attached hydrogen (secondary N) is 1. The van der Waals surface area contributed by atoms with Crippen molar-refractivity contribution in [2.45, 2.75) is 10.6 Å². The van der Waals surface area contributed by atoms with Crippen LogP contribution in [0.25, 0.3) is 10.9 Å². The summed E-state index contributed by atoms with van der Waals surface area (Å²) in [5, 5.41) is 0.436. The van der Waals surface area contributed by atoms with E-state index in [1.165, 1.54) is 18.2 Å². The second kappa shape index (κ2) is 7.35. The van der Waals surface area contributed by atoms with Gasteiger partial charge in [-0.3, -0.25) is 14.0 Å². The highest BCUT2D eigenvalue weighted by atomic mass is 32.2. The van der Waals surface area contributed by atoms with Crippen molar-refractivity contribution in [1.29, 1.82) is 0 Å². The fourth-order valence-corrected chi connectivity index (χ4v) is 4.42. The molecule has 3 aromatic rings. The van der Waals surface area contributed by atoms with Crippen molar-refractivity contribution in [3.8, 4) is 0 Å². The highest BCUT2D eigenvalue weighted by Crippen LogP contribution is 2.21. The van der Waals surface area contributed by atoms with Crippen molar-refractivity contribution in [3.05, 3.63) is 71.9 Å². The van der Waals surface area contributed by atoms with Gasteiger partial charge in [-0.15, -0.1) is 0 Å². The number of benzene rings is 2. The van der Waals surface area contributed by atoms with Crippen molar-refractivity contribution >= 4 is 37.6 Å². The molecule has 1 amide bonds. The molecular weight excluding hydrogens is 372 g/mol. The summed E-state index contributed by atoms with van der Waals surface area (Å²) >= 11 is 0. The van der Waals surface area contributed by atoms with E-state index in [1.807, 2.05) is 0 Å². The van der Waals surface area contributed by atoms with Crippen LogP contribution in [0.15, 0.2) is 65.7 Å². The van der Waals surface area contributed by atoms with Crippen LogP contribution < -0.4 is 4.72 Å². The molecule has 6 nitrogen and oxygen atoms in total. The van der Waals surface area contributed by atoms with E-state index in [1.54, 1.807) is 48.9 Å². The Labute approximate surface area is 153 Å².